The summed E-state index contributed by atoms with van der Waals surface area (Å²) in [5.41, 5.74) is -1.05. The van der Waals surface area contributed by atoms with Gasteiger partial charge in [0.05, 0.1) is 10.5 Å². The Morgan fingerprint density at radius 1 is 1.29 bits per heavy atom. The molecular weight excluding hydrogens is 257 g/mol. The molecule has 0 bridgehead atoms. The number of sulfone groups is 1. The van der Waals surface area contributed by atoms with Gasteiger partial charge in [-0.3, -0.25) is 4.79 Å². The largest absolute Gasteiger partial charge is 0.416 e. The van der Waals surface area contributed by atoms with Crippen molar-refractivity contribution < 1.29 is 26.4 Å². The van der Waals surface area contributed by atoms with Crippen LogP contribution in [0.4, 0.5) is 13.2 Å². The number of benzene rings is 1. The smallest absolute Gasteiger partial charge is 0.299 e. The molecule has 1 rings (SSSR count). The molecular formula is C10H9F3O3S. The second-order valence-electron chi connectivity index (χ2n) is 3.49. The normalized spacial score (nSPS) is 12.5. The highest BCUT2D eigenvalue weighted by Crippen LogP contribution is 2.30. The first-order valence-corrected chi connectivity index (χ1v) is 6.17. The quantitative estimate of drug-likeness (QED) is 0.841. The van der Waals surface area contributed by atoms with Crippen LogP contribution in [0.15, 0.2) is 29.2 Å². The number of ketones is 1. The Balaban J connectivity index is 3.21. The third kappa shape index (κ3) is 3.55. The molecule has 0 heterocycles. The standard InChI is InChI=1S/C10H9F3O3S/c1-7(14)6-17(15,16)9-4-2-3-8(5-9)10(11,12)13/h2-5H,6H2,1H3. The van der Waals surface area contributed by atoms with Crippen LogP contribution in [-0.2, 0) is 20.8 Å². The Kier molecular flexibility index (Phi) is 3.61. The molecule has 0 spiro atoms. The van der Waals surface area contributed by atoms with Crippen LogP contribution >= 0.6 is 0 Å². The van der Waals surface area contributed by atoms with E-state index in [9.17, 15) is 26.4 Å². The zero-order valence-corrected chi connectivity index (χ0v) is 9.60. The Morgan fingerprint density at radius 2 is 1.88 bits per heavy atom. The van der Waals surface area contributed by atoms with Gasteiger partial charge in [0.15, 0.2) is 9.84 Å². The minimum absolute atomic E-state index is 0.498. The molecule has 0 radical (unpaired) electrons. The number of Topliss-reactive ketones (excluding diaryl/α,β-unsaturated/α-hetero) is 1. The molecule has 0 N–H and O–H groups in total. The summed E-state index contributed by atoms with van der Waals surface area (Å²) in [6, 6.07) is 3.33. The monoisotopic (exact) mass is 266 g/mol. The zero-order valence-electron chi connectivity index (χ0n) is 8.78. The van der Waals surface area contributed by atoms with Gasteiger partial charge in [-0.05, 0) is 25.1 Å². The summed E-state index contributed by atoms with van der Waals surface area (Å²) in [5, 5.41) is 0. The second-order valence-corrected chi connectivity index (χ2v) is 5.48. The molecule has 0 aliphatic rings. The first-order chi connectivity index (χ1) is 7.63. The molecule has 0 fully saturated rings. The summed E-state index contributed by atoms with van der Waals surface area (Å²) in [4.78, 5) is 10.2. The summed E-state index contributed by atoms with van der Waals surface area (Å²) >= 11 is 0. The lowest BCUT2D eigenvalue weighted by Crippen LogP contribution is -2.14. The van der Waals surface area contributed by atoms with E-state index in [0.717, 1.165) is 25.1 Å². The fraction of sp³-hybridized carbons (Fsp3) is 0.300. The molecule has 0 aromatic heterocycles. The van der Waals surface area contributed by atoms with E-state index < -0.39 is 38.0 Å². The summed E-state index contributed by atoms with van der Waals surface area (Å²) in [7, 11) is -3.99. The molecule has 94 valence electrons. The van der Waals surface area contributed by atoms with Crippen molar-refractivity contribution in [3.05, 3.63) is 29.8 Å². The first kappa shape index (κ1) is 13.7. The average Bonchev–Trinajstić information content (AvgIpc) is 2.14. The van der Waals surface area contributed by atoms with E-state index in [2.05, 4.69) is 0 Å². The highest BCUT2D eigenvalue weighted by molar-refractivity contribution is 7.92. The number of carbonyl (C=O) groups is 1. The number of carbonyl (C=O) groups excluding carboxylic acids is 1. The van der Waals surface area contributed by atoms with Crippen molar-refractivity contribution in [3.63, 3.8) is 0 Å². The predicted molar refractivity (Wildman–Crippen MR) is 54.2 cm³/mol. The molecule has 0 amide bonds. The average molecular weight is 266 g/mol. The van der Waals surface area contributed by atoms with Crippen molar-refractivity contribution in [1.82, 2.24) is 0 Å². The van der Waals surface area contributed by atoms with Crippen molar-refractivity contribution in [3.8, 4) is 0 Å². The van der Waals surface area contributed by atoms with Gasteiger partial charge in [-0.1, -0.05) is 6.07 Å². The Bertz CT molecular complexity index is 532. The van der Waals surface area contributed by atoms with Gasteiger partial charge >= 0.3 is 6.18 Å². The molecule has 0 aliphatic carbocycles. The third-order valence-corrected chi connectivity index (χ3v) is 3.67. The molecule has 0 aliphatic heterocycles. The lowest BCUT2D eigenvalue weighted by atomic mass is 10.2. The number of rotatable bonds is 3. The van der Waals surface area contributed by atoms with Crippen molar-refractivity contribution >= 4 is 15.6 Å². The molecule has 17 heavy (non-hydrogen) atoms. The summed E-state index contributed by atoms with van der Waals surface area (Å²) in [6.07, 6.45) is -4.61. The van der Waals surface area contributed by atoms with Crippen molar-refractivity contribution in [2.75, 3.05) is 5.75 Å². The fourth-order valence-corrected chi connectivity index (χ4v) is 2.51. The van der Waals surface area contributed by atoms with Crippen molar-refractivity contribution in [1.29, 1.82) is 0 Å². The van der Waals surface area contributed by atoms with Crippen LogP contribution in [0.3, 0.4) is 0 Å². The SMILES string of the molecule is CC(=O)CS(=O)(=O)c1cccc(C(F)(F)F)c1. The molecule has 7 heteroatoms. The van der Waals surface area contributed by atoms with Crippen LogP contribution < -0.4 is 0 Å². The van der Waals surface area contributed by atoms with E-state index in [1.165, 1.54) is 0 Å². The molecule has 1 aromatic rings. The van der Waals surface area contributed by atoms with Gasteiger partial charge in [0, 0.05) is 0 Å². The maximum atomic E-state index is 12.4. The third-order valence-electron chi connectivity index (χ3n) is 1.91. The second kappa shape index (κ2) is 4.48. The summed E-state index contributed by atoms with van der Waals surface area (Å²) < 4.78 is 60.1. The highest BCUT2D eigenvalue weighted by atomic mass is 32.2. The van der Waals surface area contributed by atoms with Gasteiger partial charge in [0.25, 0.3) is 0 Å². The Morgan fingerprint density at radius 3 is 2.35 bits per heavy atom. The molecule has 0 unspecified atom stereocenters. The van der Waals surface area contributed by atoms with Crippen LogP contribution in [0.25, 0.3) is 0 Å². The maximum absolute atomic E-state index is 12.4. The molecule has 3 nitrogen and oxygen atoms in total. The van der Waals surface area contributed by atoms with Crippen LogP contribution in [0.5, 0.6) is 0 Å². The van der Waals surface area contributed by atoms with E-state index in [4.69, 9.17) is 0 Å². The van der Waals surface area contributed by atoms with E-state index >= 15 is 0 Å². The van der Waals surface area contributed by atoms with Gasteiger partial charge < -0.3 is 0 Å². The number of halogens is 3. The molecule has 0 saturated carbocycles. The van der Waals surface area contributed by atoms with Gasteiger partial charge in [0.1, 0.15) is 11.5 Å². The van der Waals surface area contributed by atoms with E-state index in [1.54, 1.807) is 0 Å². The number of hydrogen-bond acceptors (Lipinski definition) is 3. The molecule has 1 aromatic carbocycles. The van der Waals surface area contributed by atoms with Crippen LogP contribution in [0.1, 0.15) is 12.5 Å². The molecule has 0 saturated heterocycles. The lowest BCUT2D eigenvalue weighted by molar-refractivity contribution is -0.137. The van der Waals surface area contributed by atoms with E-state index in [0.29, 0.717) is 6.07 Å². The Hall–Kier alpha value is -1.37. The topological polar surface area (TPSA) is 51.2 Å². The minimum Gasteiger partial charge on any atom is -0.299 e. The van der Waals surface area contributed by atoms with Gasteiger partial charge in [-0.15, -0.1) is 0 Å². The summed E-state index contributed by atoms with van der Waals surface area (Å²) in [5.74, 6) is -1.42. The van der Waals surface area contributed by atoms with Crippen LogP contribution in [0.2, 0.25) is 0 Å². The van der Waals surface area contributed by atoms with Crippen LogP contribution in [0, 0.1) is 0 Å². The molecule has 0 atom stereocenters. The highest BCUT2D eigenvalue weighted by Gasteiger charge is 2.31. The fourth-order valence-electron chi connectivity index (χ4n) is 1.22. The Labute approximate surface area is 96.2 Å². The minimum atomic E-state index is -4.61. The van der Waals surface area contributed by atoms with E-state index in [-0.39, 0.29) is 0 Å². The zero-order chi connectivity index (χ0) is 13.3. The van der Waals surface area contributed by atoms with Crippen molar-refractivity contribution in [2.24, 2.45) is 0 Å². The summed E-state index contributed by atoms with van der Waals surface area (Å²) in [6.45, 7) is 1.06. The first-order valence-electron chi connectivity index (χ1n) is 4.52. The maximum Gasteiger partial charge on any atom is 0.416 e. The number of hydrogen-bond donors (Lipinski definition) is 0. The number of alkyl halides is 3. The van der Waals surface area contributed by atoms with Crippen molar-refractivity contribution in [2.45, 2.75) is 18.0 Å². The van der Waals surface area contributed by atoms with Gasteiger partial charge in [-0.25, -0.2) is 8.42 Å². The lowest BCUT2D eigenvalue weighted by Gasteiger charge is -2.08. The van der Waals surface area contributed by atoms with Crippen LogP contribution in [-0.4, -0.2) is 20.0 Å². The van der Waals surface area contributed by atoms with Gasteiger partial charge in [0.2, 0.25) is 0 Å². The predicted octanol–water partition coefficient (Wildman–Crippen LogP) is 2.07. The van der Waals surface area contributed by atoms with Gasteiger partial charge in [-0.2, -0.15) is 13.2 Å². The van der Waals surface area contributed by atoms with E-state index in [1.807, 2.05) is 0 Å².